The maximum absolute atomic E-state index is 10.5. The van der Waals surface area contributed by atoms with Gasteiger partial charge in [0.05, 0.1) is 0 Å². The van der Waals surface area contributed by atoms with Crippen LogP contribution in [-0.2, 0) is 15.6 Å². The summed E-state index contributed by atoms with van der Waals surface area (Å²) in [6.07, 6.45) is -0.440. The van der Waals surface area contributed by atoms with Gasteiger partial charge in [-0.3, -0.25) is 5.32 Å². The van der Waals surface area contributed by atoms with E-state index in [-0.39, 0.29) is 0 Å². The fraction of sp³-hybridized carbons (Fsp3) is 0.250. The molecule has 0 aromatic heterocycles. The molecule has 1 heterocycles. The molecule has 0 fully saturated rings. The quantitative estimate of drug-likeness (QED) is 0.706. The third-order valence-corrected chi connectivity index (χ3v) is 2.40. The van der Waals surface area contributed by atoms with Gasteiger partial charge in [0, 0.05) is 16.7 Å². The summed E-state index contributed by atoms with van der Waals surface area (Å²) in [5.41, 5.74) is 2.06. The van der Waals surface area contributed by atoms with Gasteiger partial charge in [-0.15, -0.1) is 4.89 Å². The third kappa shape index (κ3) is 1.76. The van der Waals surface area contributed by atoms with Crippen molar-refractivity contribution in [1.82, 2.24) is 5.32 Å². The van der Waals surface area contributed by atoms with E-state index < -0.39 is 14.5 Å². The molecule has 1 aliphatic heterocycles. The van der Waals surface area contributed by atoms with Crippen LogP contribution in [0.3, 0.4) is 0 Å². The fourth-order valence-electron chi connectivity index (χ4n) is 1.45. The van der Waals surface area contributed by atoms with Gasteiger partial charge < -0.3 is 0 Å². The smallest absolute Gasteiger partial charge is 0.280 e. The Morgan fingerprint density at radius 1 is 1.54 bits per heavy atom. The van der Waals surface area contributed by atoms with E-state index in [1.807, 2.05) is 24.3 Å². The zero-order valence-corrected chi connectivity index (χ0v) is 7.70. The monoisotopic (exact) mass is 198 g/mol. The van der Waals surface area contributed by atoms with Crippen molar-refractivity contribution in [3.63, 3.8) is 0 Å². The van der Waals surface area contributed by atoms with E-state index in [9.17, 15) is 4.57 Å². The summed E-state index contributed by atoms with van der Waals surface area (Å²) < 4.78 is 15.2. The highest BCUT2D eigenvalue weighted by Gasteiger charge is 2.30. The molecule has 5 heteroatoms. The Morgan fingerprint density at radius 2 is 2.31 bits per heavy atom. The molecular formula is C8H9NO3P+. The molecule has 0 radical (unpaired) electrons. The van der Waals surface area contributed by atoms with Crippen molar-refractivity contribution in [2.45, 2.75) is 12.8 Å². The van der Waals surface area contributed by atoms with Crippen LogP contribution in [-0.4, -0.2) is 4.89 Å². The molecule has 0 saturated carbocycles. The summed E-state index contributed by atoms with van der Waals surface area (Å²) in [6, 6.07) is 7.67. The molecule has 0 bridgehead atoms. The molecule has 0 amide bonds. The van der Waals surface area contributed by atoms with Gasteiger partial charge in [0.2, 0.25) is 0 Å². The first-order valence-corrected chi connectivity index (χ1v) is 5.04. The van der Waals surface area contributed by atoms with Crippen molar-refractivity contribution in [2.75, 3.05) is 0 Å². The minimum Gasteiger partial charge on any atom is -0.280 e. The van der Waals surface area contributed by atoms with Crippen molar-refractivity contribution in [3.05, 3.63) is 35.4 Å². The van der Waals surface area contributed by atoms with Gasteiger partial charge in [-0.05, 0) is 5.56 Å². The Hall–Kier alpha value is -0.800. The highest BCUT2D eigenvalue weighted by molar-refractivity contribution is 7.32. The zero-order chi connectivity index (χ0) is 9.26. The van der Waals surface area contributed by atoms with E-state index in [1.54, 1.807) is 0 Å². The molecule has 1 aromatic rings. The van der Waals surface area contributed by atoms with E-state index in [4.69, 9.17) is 9.42 Å². The predicted octanol–water partition coefficient (Wildman–Crippen LogP) is 1.45. The Morgan fingerprint density at radius 3 is 3.08 bits per heavy atom. The van der Waals surface area contributed by atoms with Gasteiger partial charge in [-0.25, -0.2) is 0 Å². The highest BCUT2D eigenvalue weighted by Crippen LogP contribution is 2.32. The molecular weight excluding hydrogens is 189 g/mol. The molecule has 68 valence electrons. The minimum atomic E-state index is -2.55. The van der Waals surface area contributed by atoms with E-state index in [1.165, 1.54) is 0 Å². The third-order valence-electron chi connectivity index (χ3n) is 2.01. The number of nitrogens with one attached hydrogen (secondary N) is 1. The van der Waals surface area contributed by atoms with Crippen molar-refractivity contribution in [3.8, 4) is 0 Å². The summed E-state index contributed by atoms with van der Waals surface area (Å²) in [5, 5.41) is 2.99. The second-order valence-electron chi connectivity index (χ2n) is 2.80. The maximum Gasteiger partial charge on any atom is 0.696 e. The van der Waals surface area contributed by atoms with Crippen LogP contribution in [0.2, 0.25) is 0 Å². The Balaban J connectivity index is 2.23. The largest absolute Gasteiger partial charge is 0.696 e. The lowest BCUT2D eigenvalue weighted by atomic mass is 10.1. The summed E-state index contributed by atoms with van der Waals surface area (Å²) in [7, 11) is -2.55. The van der Waals surface area contributed by atoms with Crippen LogP contribution in [0.4, 0.5) is 0 Å². The first kappa shape index (κ1) is 8.78. The van der Waals surface area contributed by atoms with E-state index >= 15 is 0 Å². The molecule has 0 saturated heterocycles. The van der Waals surface area contributed by atoms with Gasteiger partial charge in [-0.1, -0.05) is 28.8 Å². The summed E-state index contributed by atoms with van der Waals surface area (Å²) in [4.78, 5) is 8.59. The number of fused-ring (bicyclic) bond motifs is 1. The molecule has 0 spiro atoms. The van der Waals surface area contributed by atoms with Gasteiger partial charge in [0.1, 0.15) is 0 Å². The summed E-state index contributed by atoms with van der Waals surface area (Å²) in [5.74, 6) is 0. The molecule has 2 rings (SSSR count). The first-order valence-electron chi connectivity index (χ1n) is 3.91. The molecule has 1 aromatic carbocycles. The average molecular weight is 198 g/mol. The van der Waals surface area contributed by atoms with Crippen LogP contribution in [0.25, 0.3) is 0 Å². The SMILES string of the molecule is O=[P+](O)OC1NCc2ccccc21. The predicted molar refractivity (Wildman–Crippen MR) is 46.9 cm³/mol. The van der Waals surface area contributed by atoms with Crippen LogP contribution in [0, 0.1) is 0 Å². The average Bonchev–Trinajstić information content (AvgIpc) is 2.48. The van der Waals surface area contributed by atoms with Crippen LogP contribution in [0.15, 0.2) is 24.3 Å². The van der Waals surface area contributed by atoms with Gasteiger partial charge in [0.15, 0.2) is 6.23 Å². The minimum absolute atomic E-state index is 0.440. The van der Waals surface area contributed by atoms with E-state index in [2.05, 4.69) is 5.32 Å². The Labute approximate surface area is 76.5 Å². The summed E-state index contributed by atoms with van der Waals surface area (Å²) in [6.45, 7) is 0.685. The van der Waals surface area contributed by atoms with E-state index in [0.29, 0.717) is 6.54 Å². The summed E-state index contributed by atoms with van der Waals surface area (Å²) >= 11 is 0. The first-order chi connectivity index (χ1) is 6.27. The fourth-order valence-corrected chi connectivity index (χ4v) is 1.82. The van der Waals surface area contributed by atoms with Crippen LogP contribution in [0.5, 0.6) is 0 Å². The molecule has 2 atom stereocenters. The van der Waals surface area contributed by atoms with Crippen LogP contribution >= 0.6 is 8.25 Å². The number of rotatable bonds is 2. The number of benzene rings is 1. The van der Waals surface area contributed by atoms with Crippen LogP contribution in [0.1, 0.15) is 17.4 Å². The van der Waals surface area contributed by atoms with Crippen molar-refractivity contribution in [2.24, 2.45) is 0 Å². The Kier molecular flexibility index (Phi) is 2.38. The second kappa shape index (κ2) is 3.52. The molecule has 4 nitrogen and oxygen atoms in total. The molecule has 2 N–H and O–H groups in total. The lowest BCUT2D eigenvalue weighted by Gasteiger charge is -2.01. The molecule has 0 aliphatic carbocycles. The van der Waals surface area contributed by atoms with Crippen molar-refractivity contribution >= 4 is 8.25 Å². The highest BCUT2D eigenvalue weighted by atomic mass is 31.1. The van der Waals surface area contributed by atoms with Crippen LogP contribution < -0.4 is 5.32 Å². The van der Waals surface area contributed by atoms with Crippen molar-refractivity contribution < 1.29 is 14.0 Å². The molecule has 1 aliphatic rings. The second-order valence-corrected chi connectivity index (χ2v) is 3.49. The molecule has 2 unspecified atom stereocenters. The lowest BCUT2D eigenvalue weighted by Crippen LogP contribution is -2.12. The van der Waals surface area contributed by atoms with Gasteiger partial charge in [0.25, 0.3) is 0 Å². The number of hydrogen-bond donors (Lipinski definition) is 2. The Bertz CT molecular complexity index is 342. The van der Waals surface area contributed by atoms with Gasteiger partial charge in [-0.2, -0.15) is 0 Å². The maximum atomic E-state index is 10.5. The zero-order valence-electron chi connectivity index (χ0n) is 6.80. The standard InChI is InChI=1S/C8H8NO3P/c10-13(11)12-8-7-4-2-1-3-6(7)5-9-8/h1-4,8-9H,5H2/p+1. The topological polar surface area (TPSA) is 58.6 Å². The van der Waals surface area contributed by atoms with Gasteiger partial charge >= 0.3 is 8.25 Å². The number of hydrogen-bond acceptors (Lipinski definition) is 3. The molecule has 13 heavy (non-hydrogen) atoms. The van der Waals surface area contributed by atoms with E-state index in [0.717, 1.165) is 11.1 Å². The van der Waals surface area contributed by atoms with Crippen molar-refractivity contribution in [1.29, 1.82) is 0 Å². The lowest BCUT2D eigenvalue weighted by molar-refractivity contribution is 0.167. The normalized spacial score (nSPS) is 21.3.